The zero-order valence-corrected chi connectivity index (χ0v) is 13.5. The van der Waals surface area contributed by atoms with E-state index in [1.54, 1.807) is 13.3 Å². The minimum absolute atomic E-state index is 0.188. The molecule has 2 N–H and O–H groups in total. The number of rotatable bonds is 4. The normalized spacial score (nSPS) is 14.7. The average Bonchev–Trinajstić information content (AvgIpc) is 3.18. The number of hydrogen-bond donors (Lipinski definition) is 2. The van der Waals surface area contributed by atoms with Gasteiger partial charge in [-0.25, -0.2) is 9.78 Å². The second-order valence-corrected chi connectivity index (χ2v) is 5.83. The molecule has 0 radical (unpaired) electrons. The molecule has 6 nitrogen and oxygen atoms in total. The van der Waals surface area contributed by atoms with Crippen molar-refractivity contribution in [3.63, 3.8) is 0 Å². The summed E-state index contributed by atoms with van der Waals surface area (Å²) in [7, 11) is 3.53. The van der Waals surface area contributed by atoms with Crippen molar-refractivity contribution in [1.82, 2.24) is 14.9 Å². The summed E-state index contributed by atoms with van der Waals surface area (Å²) in [6.07, 6.45) is 6.26. The number of urea groups is 1. The van der Waals surface area contributed by atoms with Gasteiger partial charge in [0, 0.05) is 18.7 Å². The Kier molecular flexibility index (Phi) is 4.50. The highest BCUT2D eigenvalue weighted by molar-refractivity contribution is 5.88. The number of amides is 2. The number of benzene rings is 1. The van der Waals surface area contributed by atoms with E-state index < -0.39 is 0 Å². The SMILES string of the molecule is COc1ccc(-c2cnc(NC(=O)NC3CCCC3)n2C)cc1. The number of ether oxygens (including phenoxy) is 1. The van der Waals surface area contributed by atoms with Gasteiger partial charge < -0.3 is 14.6 Å². The highest BCUT2D eigenvalue weighted by Crippen LogP contribution is 2.24. The molecule has 1 aliphatic carbocycles. The van der Waals surface area contributed by atoms with Gasteiger partial charge in [-0.15, -0.1) is 0 Å². The lowest BCUT2D eigenvalue weighted by atomic mass is 10.1. The van der Waals surface area contributed by atoms with Gasteiger partial charge in [-0.05, 0) is 37.1 Å². The molecule has 1 saturated carbocycles. The summed E-state index contributed by atoms with van der Waals surface area (Å²) in [5.41, 5.74) is 1.95. The van der Waals surface area contributed by atoms with Crippen LogP contribution in [0.5, 0.6) is 5.75 Å². The van der Waals surface area contributed by atoms with Crippen molar-refractivity contribution in [2.24, 2.45) is 7.05 Å². The molecule has 1 aliphatic rings. The summed E-state index contributed by atoms with van der Waals surface area (Å²) in [5, 5.41) is 5.83. The smallest absolute Gasteiger partial charge is 0.321 e. The van der Waals surface area contributed by atoms with E-state index >= 15 is 0 Å². The van der Waals surface area contributed by atoms with E-state index in [0.29, 0.717) is 5.95 Å². The van der Waals surface area contributed by atoms with Crippen molar-refractivity contribution in [2.75, 3.05) is 12.4 Å². The van der Waals surface area contributed by atoms with E-state index in [0.717, 1.165) is 29.8 Å². The summed E-state index contributed by atoms with van der Waals surface area (Å²) >= 11 is 0. The Balaban J connectivity index is 1.69. The van der Waals surface area contributed by atoms with Gasteiger partial charge in [0.05, 0.1) is 19.0 Å². The lowest BCUT2D eigenvalue weighted by Crippen LogP contribution is -2.36. The van der Waals surface area contributed by atoms with Gasteiger partial charge in [-0.1, -0.05) is 12.8 Å². The summed E-state index contributed by atoms with van der Waals surface area (Å²) in [5.74, 6) is 1.34. The summed E-state index contributed by atoms with van der Waals surface area (Å²) in [6, 6.07) is 7.85. The second kappa shape index (κ2) is 6.73. The molecule has 0 saturated heterocycles. The Hall–Kier alpha value is -2.50. The van der Waals surface area contributed by atoms with Gasteiger partial charge >= 0.3 is 6.03 Å². The van der Waals surface area contributed by atoms with Gasteiger partial charge in [0.2, 0.25) is 5.95 Å². The first kappa shape index (κ1) is 15.4. The molecule has 0 bridgehead atoms. The molecule has 0 unspecified atom stereocenters. The minimum atomic E-state index is -0.188. The molecule has 3 rings (SSSR count). The number of hydrogen-bond acceptors (Lipinski definition) is 3. The number of methoxy groups -OCH3 is 1. The Bertz CT molecular complexity index is 672. The van der Waals surface area contributed by atoms with Gasteiger partial charge in [-0.3, -0.25) is 5.32 Å². The van der Waals surface area contributed by atoms with E-state index in [1.165, 1.54) is 12.8 Å². The predicted molar refractivity (Wildman–Crippen MR) is 89.6 cm³/mol. The Labute approximate surface area is 135 Å². The van der Waals surface area contributed by atoms with Crippen LogP contribution in [0.15, 0.2) is 30.5 Å². The van der Waals surface area contributed by atoms with Crippen molar-refractivity contribution in [3.05, 3.63) is 30.5 Å². The predicted octanol–water partition coefficient (Wildman–Crippen LogP) is 3.16. The summed E-state index contributed by atoms with van der Waals surface area (Å²) in [4.78, 5) is 16.4. The van der Waals surface area contributed by atoms with E-state index in [1.807, 2.05) is 35.9 Å². The maximum atomic E-state index is 12.1. The van der Waals surface area contributed by atoms with Gasteiger partial charge in [0.15, 0.2) is 0 Å². The van der Waals surface area contributed by atoms with Crippen molar-refractivity contribution < 1.29 is 9.53 Å². The average molecular weight is 314 g/mol. The van der Waals surface area contributed by atoms with Gasteiger partial charge in [0.25, 0.3) is 0 Å². The monoisotopic (exact) mass is 314 g/mol. The maximum absolute atomic E-state index is 12.1. The summed E-state index contributed by atoms with van der Waals surface area (Å²) < 4.78 is 7.04. The molecule has 6 heteroatoms. The maximum Gasteiger partial charge on any atom is 0.321 e. The molecule has 0 atom stereocenters. The molecule has 23 heavy (non-hydrogen) atoms. The highest BCUT2D eigenvalue weighted by atomic mass is 16.5. The van der Waals surface area contributed by atoms with Crippen LogP contribution in [0.4, 0.5) is 10.7 Å². The topological polar surface area (TPSA) is 68.2 Å². The summed E-state index contributed by atoms with van der Waals surface area (Å²) in [6.45, 7) is 0. The number of imidazole rings is 1. The molecule has 0 aliphatic heterocycles. The standard InChI is InChI=1S/C17H22N4O2/c1-21-15(12-7-9-14(23-2)10-8-12)11-18-16(21)20-17(22)19-13-5-3-4-6-13/h7-11,13H,3-6H2,1-2H3,(H2,18,19,20,22). The Morgan fingerprint density at radius 1 is 1.26 bits per heavy atom. The van der Waals surface area contributed by atoms with Crippen LogP contribution in [-0.2, 0) is 7.05 Å². The first-order chi connectivity index (χ1) is 11.2. The van der Waals surface area contributed by atoms with Gasteiger partial charge in [0.1, 0.15) is 5.75 Å². The molecule has 2 amide bonds. The van der Waals surface area contributed by atoms with E-state index in [9.17, 15) is 4.79 Å². The lowest BCUT2D eigenvalue weighted by Gasteiger charge is -2.13. The van der Waals surface area contributed by atoms with Crippen LogP contribution in [0.2, 0.25) is 0 Å². The molecule has 1 aromatic heterocycles. The van der Waals surface area contributed by atoms with Crippen LogP contribution in [0.25, 0.3) is 11.3 Å². The molecular weight excluding hydrogens is 292 g/mol. The fraction of sp³-hybridized carbons (Fsp3) is 0.412. The van der Waals surface area contributed by atoms with Crippen molar-refractivity contribution in [2.45, 2.75) is 31.7 Å². The molecule has 1 aromatic carbocycles. The highest BCUT2D eigenvalue weighted by Gasteiger charge is 2.18. The molecule has 122 valence electrons. The molecular formula is C17H22N4O2. The lowest BCUT2D eigenvalue weighted by molar-refractivity contribution is 0.248. The molecule has 2 aromatic rings. The van der Waals surface area contributed by atoms with E-state index in [-0.39, 0.29) is 12.1 Å². The van der Waals surface area contributed by atoms with Gasteiger partial charge in [-0.2, -0.15) is 0 Å². The number of aromatic nitrogens is 2. The van der Waals surface area contributed by atoms with Crippen molar-refractivity contribution in [1.29, 1.82) is 0 Å². The van der Waals surface area contributed by atoms with Crippen LogP contribution in [-0.4, -0.2) is 28.7 Å². The fourth-order valence-electron chi connectivity index (χ4n) is 2.95. The number of nitrogens with one attached hydrogen (secondary N) is 2. The third kappa shape index (κ3) is 3.47. The zero-order chi connectivity index (χ0) is 16.2. The first-order valence-corrected chi connectivity index (χ1v) is 7.91. The number of carbonyl (C=O) groups is 1. The quantitative estimate of drug-likeness (QED) is 0.911. The van der Waals surface area contributed by atoms with Crippen LogP contribution in [0.1, 0.15) is 25.7 Å². The molecule has 1 heterocycles. The molecule has 1 fully saturated rings. The van der Waals surface area contributed by atoms with Crippen LogP contribution < -0.4 is 15.4 Å². The van der Waals surface area contributed by atoms with Crippen LogP contribution >= 0.6 is 0 Å². The third-order valence-electron chi connectivity index (χ3n) is 4.29. The largest absolute Gasteiger partial charge is 0.497 e. The van der Waals surface area contributed by atoms with Crippen molar-refractivity contribution in [3.8, 4) is 17.0 Å². The van der Waals surface area contributed by atoms with E-state index in [2.05, 4.69) is 15.6 Å². The fourth-order valence-corrected chi connectivity index (χ4v) is 2.95. The number of carbonyl (C=O) groups excluding carboxylic acids is 1. The zero-order valence-electron chi connectivity index (χ0n) is 13.5. The number of anilines is 1. The van der Waals surface area contributed by atoms with E-state index in [4.69, 9.17) is 4.74 Å². The first-order valence-electron chi connectivity index (χ1n) is 7.91. The Morgan fingerprint density at radius 3 is 2.61 bits per heavy atom. The third-order valence-corrected chi connectivity index (χ3v) is 4.29. The van der Waals surface area contributed by atoms with Crippen LogP contribution in [0, 0.1) is 0 Å². The minimum Gasteiger partial charge on any atom is -0.497 e. The Morgan fingerprint density at radius 2 is 1.96 bits per heavy atom. The second-order valence-electron chi connectivity index (χ2n) is 5.83. The molecule has 0 spiro atoms. The van der Waals surface area contributed by atoms with Crippen molar-refractivity contribution >= 4 is 12.0 Å². The number of nitrogens with zero attached hydrogens (tertiary/aromatic N) is 2. The van der Waals surface area contributed by atoms with Crippen LogP contribution in [0.3, 0.4) is 0 Å².